The van der Waals surface area contributed by atoms with Crippen LogP contribution < -0.4 is 5.32 Å². The summed E-state index contributed by atoms with van der Waals surface area (Å²) in [5.74, 6) is 0. The highest BCUT2D eigenvalue weighted by Crippen LogP contribution is 2.01. The largest absolute Gasteiger partial charge is 0.314 e. The molecule has 5 nitrogen and oxygen atoms in total. The molecule has 0 saturated heterocycles. The van der Waals surface area contributed by atoms with E-state index in [1.165, 1.54) is 6.42 Å². The zero-order valence-electron chi connectivity index (χ0n) is 9.76. The third kappa shape index (κ3) is 3.15. The van der Waals surface area contributed by atoms with Crippen LogP contribution >= 0.6 is 0 Å². The predicted molar refractivity (Wildman–Crippen MR) is 63.0 cm³/mol. The van der Waals surface area contributed by atoms with E-state index in [-0.39, 0.29) is 0 Å². The van der Waals surface area contributed by atoms with Crippen LogP contribution in [0, 0.1) is 0 Å². The van der Waals surface area contributed by atoms with Crippen LogP contribution in [0.25, 0.3) is 0 Å². The Kier molecular flexibility index (Phi) is 4.07. The van der Waals surface area contributed by atoms with Gasteiger partial charge in [0.05, 0.1) is 12.2 Å². The second kappa shape index (κ2) is 5.77. The van der Waals surface area contributed by atoms with E-state index in [0.717, 1.165) is 38.4 Å². The third-order valence-corrected chi connectivity index (χ3v) is 2.73. The lowest BCUT2D eigenvalue weighted by molar-refractivity contribution is 0.280. The Labute approximate surface area is 96.1 Å². The number of hydrogen-bond acceptors (Lipinski definition) is 4. The molecule has 2 heterocycles. The quantitative estimate of drug-likeness (QED) is 0.724. The Bertz CT molecular complexity index is 344. The van der Waals surface area contributed by atoms with Gasteiger partial charge in [-0.1, -0.05) is 17.4 Å². The van der Waals surface area contributed by atoms with Gasteiger partial charge in [0, 0.05) is 32.4 Å². The number of nitrogens with zero attached hydrogens (tertiary/aromatic N) is 4. The minimum Gasteiger partial charge on any atom is -0.314 e. The van der Waals surface area contributed by atoms with E-state index in [9.17, 15) is 0 Å². The number of aromatic nitrogens is 3. The molecule has 0 aromatic carbocycles. The molecule has 0 atom stereocenters. The molecule has 1 N–H and O–H groups in total. The molecule has 0 spiro atoms. The van der Waals surface area contributed by atoms with E-state index in [2.05, 4.69) is 32.7 Å². The molecule has 16 heavy (non-hydrogen) atoms. The van der Waals surface area contributed by atoms with Crippen LogP contribution in [-0.2, 0) is 13.1 Å². The monoisotopic (exact) mass is 221 g/mol. The van der Waals surface area contributed by atoms with E-state index in [4.69, 9.17) is 0 Å². The molecule has 88 valence electrons. The zero-order chi connectivity index (χ0) is 11.2. The molecule has 0 radical (unpaired) electrons. The highest BCUT2D eigenvalue weighted by atomic mass is 15.4. The van der Waals surface area contributed by atoms with Gasteiger partial charge in [0.2, 0.25) is 0 Å². The van der Waals surface area contributed by atoms with Gasteiger partial charge in [-0.25, -0.2) is 0 Å². The molecule has 0 aliphatic carbocycles. The van der Waals surface area contributed by atoms with Gasteiger partial charge in [0.1, 0.15) is 0 Å². The molecule has 0 amide bonds. The molecule has 1 aromatic rings. The number of nitrogens with one attached hydrogen (secondary N) is 1. The van der Waals surface area contributed by atoms with Crippen LogP contribution in [0.2, 0.25) is 0 Å². The van der Waals surface area contributed by atoms with Crippen molar-refractivity contribution in [1.82, 2.24) is 25.2 Å². The Morgan fingerprint density at radius 3 is 3.06 bits per heavy atom. The van der Waals surface area contributed by atoms with Gasteiger partial charge in [0.25, 0.3) is 0 Å². The zero-order valence-corrected chi connectivity index (χ0v) is 9.76. The molecule has 5 heteroatoms. The Morgan fingerprint density at radius 2 is 2.31 bits per heavy atom. The molecular weight excluding hydrogens is 202 g/mol. The maximum atomic E-state index is 4.10. The summed E-state index contributed by atoms with van der Waals surface area (Å²) in [5, 5.41) is 11.3. The van der Waals surface area contributed by atoms with E-state index in [0.29, 0.717) is 0 Å². The second-order valence-corrected chi connectivity index (χ2v) is 4.06. The maximum absolute atomic E-state index is 4.10. The summed E-state index contributed by atoms with van der Waals surface area (Å²) in [6.45, 7) is 4.98. The molecule has 0 saturated carbocycles. The maximum Gasteiger partial charge on any atom is 0.0964 e. The van der Waals surface area contributed by atoms with Crippen molar-refractivity contribution in [1.29, 1.82) is 0 Å². The van der Waals surface area contributed by atoms with Gasteiger partial charge in [0.15, 0.2) is 0 Å². The molecule has 2 rings (SSSR count). The smallest absolute Gasteiger partial charge is 0.0964 e. The summed E-state index contributed by atoms with van der Waals surface area (Å²) < 4.78 is 1.92. The van der Waals surface area contributed by atoms with E-state index in [1.54, 1.807) is 0 Å². The van der Waals surface area contributed by atoms with Crippen molar-refractivity contribution in [2.45, 2.75) is 19.5 Å². The highest BCUT2D eigenvalue weighted by Gasteiger charge is 2.06. The predicted octanol–water partition coefficient (Wildman–Crippen LogP) is 0.259. The summed E-state index contributed by atoms with van der Waals surface area (Å²) >= 11 is 0. The molecule has 1 aromatic heterocycles. The molecule has 1 aliphatic rings. The van der Waals surface area contributed by atoms with Crippen LogP contribution in [0.1, 0.15) is 12.1 Å². The van der Waals surface area contributed by atoms with Crippen LogP contribution in [0.15, 0.2) is 18.3 Å². The minimum absolute atomic E-state index is 0.784. The van der Waals surface area contributed by atoms with Crippen LogP contribution in [-0.4, -0.2) is 46.6 Å². The third-order valence-electron chi connectivity index (χ3n) is 2.73. The van der Waals surface area contributed by atoms with Gasteiger partial charge in [-0.2, -0.15) is 0 Å². The summed E-state index contributed by atoms with van der Waals surface area (Å²) in [6, 6.07) is 0. The highest BCUT2D eigenvalue weighted by molar-refractivity contribution is 4.92. The van der Waals surface area contributed by atoms with Crippen molar-refractivity contribution in [2.75, 3.05) is 26.7 Å². The van der Waals surface area contributed by atoms with Crippen molar-refractivity contribution in [3.63, 3.8) is 0 Å². The lowest BCUT2D eigenvalue weighted by Gasteiger charge is -2.22. The standard InChI is InChI=1S/C11H19N5/c1-12-9-11-10-16(14-13-11)8-7-15-5-3-2-4-6-15/h2-3,10,12H,4-9H2,1H3. The van der Waals surface area contributed by atoms with Gasteiger partial charge < -0.3 is 5.32 Å². The molecule has 0 bridgehead atoms. The van der Waals surface area contributed by atoms with Gasteiger partial charge in [-0.05, 0) is 13.5 Å². The fraction of sp³-hybridized carbons (Fsp3) is 0.636. The Balaban J connectivity index is 1.77. The first-order valence-electron chi connectivity index (χ1n) is 5.79. The second-order valence-electron chi connectivity index (χ2n) is 4.06. The van der Waals surface area contributed by atoms with Crippen LogP contribution in [0.3, 0.4) is 0 Å². The SMILES string of the molecule is CNCc1cn(CCN2CC=CCC2)nn1. The average molecular weight is 221 g/mol. The average Bonchev–Trinajstić information content (AvgIpc) is 2.76. The molecular formula is C11H19N5. The topological polar surface area (TPSA) is 46.0 Å². The summed E-state index contributed by atoms with van der Waals surface area (Å²) in [4.78, 5) is 2.43. The molecule has 1 aliphatic heterocycles. The van der Waals surface area contributed by atoms with Crippen LogP contribution in [0.4, 0.5) is 0 Å². The summed E-state index contributed by atoms with van der Waals surface area (Å²) in [6.07, 6.45) is 7.66. The lowest BCUT2D eigenvalue weighted by Crippen LogP contribution is -2.30. The summed E-state index contributed by atoms with van der Waals surface area (Å²) in [7, 11) is 1.92. The van der Waals surface area contributed by atoms with Gasteiger partial charge >= 0.3 is 0 Å². The normalized spacial score (nSPS) is 16.8. The first kappa shape index (κ1) is 11.3. The van der Waals surface area contributed by atoms with Gasteiger partial charge in [-0.15, -0.1) is 5.10 Å². The fourth-order valence-corrected chi connectivity index (χ4v) is 1.85. The van der Waals surface area contributed by atoms with E-state index in [1.807, 2.05) is 17.9 Å². The Morgan fingerprint density at radius 1 is 1.38 bits per heavy atom. The van der Waals surface area contributed by atoms with Crippen LogP contribution in [0.5, 0.6) is 0 Å². The van der Waals surface area contributed by atoms with Gasteiger partial charge in [-0.3, -0.25) is 9.58 Å². The fourth-order valence-electron chi connectivity index (χ4n) is 1.85. The van der Waals surface area contributed by atoms with Crippen molar-refractivity contribution >= 4 is 0 Å². The molecule has 0 unspecified atom stereocenters. The van der Waals surface area contributed by atoms with Crippen molar-refractivity contribution in [2.24, 2.45) is 0 Å². The van der Waals surface area contributed by atoms with E-state index >= 15 is 0 Å². The number of hydrogen-bond donors (Lipinski definition) is 1. The van der Waals surface area contributed by atoms with Crippen molar-refractivity contribution in [3.8, 4) is 0 Å². The minimum atomic E-state index is 0.784. The van der Waals surface area contributed by atoms with Crippen molar-refractivity contribution < 1.29 is 0 Å². The summed E-state index contributed by atoms with van der Waals surface area (Å²) in [5.41, 5.74) is 1.00. The first-order valence-corrected chi connectivity index (χ1v) is 5.79. The Hall–Kier alpha value is -1.20. The van der Waals surface area contributed by atoms with E-state index < -0.39 is 0 Å². The lowest BCUT2D eigenvalue weighted by atomic mass is 10.2. The first-order chi connectivity index (χ1) is 7.88. The van der Waals surface area contributed by atoms with Crippen molar-refractivity contribution in [3.05, 3.63) is 24.0 Å². The number of rotatable bonds is 5. The molecule has 0 fully saturated rings.